The lowest BCUT2D eigenvalue weighted by Gasteiger charge is -2.26. The molecule has 3 atom stereocenters. The normalized spacial score (nSPS) is 21.3. The quantitative estimate of drug-likeness (QED) is 0.494. The second kappa shape index (κ2) is 10.8. The van der Waals surface area contributed by atoms with Crippen molar-refractivity contribution in [1.29, 1.82) is 0 Å². The van der Waals surface area contributed by atoms with Crippen molar-refractivity contribution in [2.45, 2.75) is 0 Å². The molecular formula is C27H26ClFN4O4. The molecule has 0 radical (unpaired) electrons. The summed E-state index contributed by atoms with van der Waals surface area (Å²) in [7, 11) is 0. The number of nitrogens with zero attached hydrogens (tertiary/aromatic N) is 2. The number of hydrogen-bond donors (Lipinski definition) is 2. The van der Waals surface area contributed by atoms with E-state index in [1.165, 1.54) is 22.8 Å². The zero-order valence-electron chi connectivity index (χ0n) is 19.9. The summed E-state index contributed by atoms with van der Waals surface area (Å²) >= 11 is 5.93. The molecule has 37 heavy (non-hydrogen) atoms. The Morgan fingerprint density at radius 1 is 0.973 bits per heavy atom. The Bertz CT molecular complexity index is 1360. The van der Waals surface area contributed by atoms with E-state index in [0.717, 1.165) is 13.1 Å². The van der Waals surface area contributed by atoms with Crippen molar-refractivity contribution in [3.63, 3.8) is 0 Å². The summed E-state index contributed by atoms with van der Waals surface area (Å²) in [5, 5.41) is 6.06. The number of nitrogens with one attached hydrogen (secondary N) is 2. The van der Waals surface area contributed by atoms with Gasteiger partial charge in [0.25, 0.3) is 5.56 Å². The highest BCUT2D eigenvalue weighted by atomic mass is 35.5. The third-order valence-electron chi connectivity index (χ3n) is 6.77. The number of amides is 2. The number of anilines is 2. The van der Waals surface area contributed by atoms with E-state index in [-0.39, 0.29) is 23.1 Å². The molecule has 2 heterocycles. The van der Waals surface area contributed by atoms with E-state index in [2.05, 4.69) is 15.5 Å². The highest BCUT2D eigenvalue weighted by Crippen LogP contribution is 2.48. The molecule has 1 aromatic heterocycles. The third-order valence-corrected chi connectivity index (χ3v) is 7.02. The monoisotopic (exact) mass is 524 g/mol. The molecule has 0 bridgehead atoms. The number of pyridine rings is 1. The van der Waals surface area contributed by atoms with Crippen LogP contribution in [0.3, 0.4) is 0 Å². The van der Waals surface area contributed by atoms with Gasteiger partial charge in [-0.1, -0.05) is 17.7 Å². The lowest BCUT2D eigenvalue weighted by molar-refractivity contribution is -0.122. The van der Waals surface area contributed by atoms with Gasteiger partial charge in [0, 0.05) is 48.7 Å². The molecule has 0 spiro atoms. The van der Waals surface area contributed by atoms with E-state index in [9.17, 15) is 18.8 Å². The van der Waals surface area contributed by atoms with Gasteiger partial charge in [0.05, 0.1) is 36.4 Å². The second-order valence-electron chi connectivity index (χ2n) is 9.19. The Morgan fingerprint density at radius 2 is 1.68 bits per heavy atom. The lowest BCUT2D eigenvalue weighted by atomic mass is 10.2. The number of morpholine rings is 1. The topological polar surface area (TPSA) is 92.7 Å². The molecule has 2 fully saturated rings. The third kappa shape index (κ3) is 5.74. The van der Waals surface area contributed by atoms with E-state index < -0.39 is 23.6 Å². The molecule has 3 aromatic rings. The Hall–Kier alpha value is -3.53. The SMILES string of the molecule is O=C(Nc1ccc(-n2ccccc2=O)cc1F)[C@@H]1C(CN2CCOCC2)[C@@H]1C(=O)Nc1ccc(Cl)cc1. The Balaban J connectivity index is 1.31. The maximum Gasteiger partial charge on any atom is 0.255 e. The molecule has 1 saturated carbocycles. The minimum absolute atomic E-state index is 0.00777. The Kier molecular flexibility index (Phi) is 7.36. The number of carbonyl (C=O) groups excluding carboxylic acids is 2. The fourth-order valence-electron chi connectivity index (χ4n) is 4.77. The van der Waals surface area contributed by atoms with Gasteiger partial charge in [0.15, 0.2) is 0 Å². The molecule has 2 amide bonds. The summed E-state index contributed by atoms with van der Waals surface area (Å²) in [6.07, 6.45) is 1.54. The minimum atomic E-state index is -0.672. The number of ether oxygens (including phenoxy) is 1. The average Bonchev–Trinajstić information content (AvgIpc) is 3.61. The van der Waals surface area contributed by atoms with Crippen LogP contribution >= 0.6 is 11.6 Å². The maximum atomic E-state index is 14.9. The van der Waals surface area contributed by atoms with Gasteiger partial charge in [-0.2, -0.15) is 0 Å². The highest BCUT2D eigenvalue weighted by Gasteiger charge is 2.59. The summed E-state index contributed by atoms with van der Waals surface area (Å²) in [6.45, 7) is 3.23. The summed E-state index contributed by atoms with van der Waals surface area (Å²) in [5.41, 5.74) is 0.630. The van der Waals surface area contributed by atoms with E-state index in [1.54, 1.807) is 48.7 Å². The van der Waals surface area contributed by atoms with Gasteiger partial charge < -0.3 is 15.4 Å². The van der Waals surface area contributed by atoms with Gasteiger partial charge in [-0.25, -0.2) is 4.39 Å². The van der Waals surface area contributed by atoms with Crippen LogP contribution in [0.25, 0.3) is 5.69 Å². The number of rotatable bonds is 7. The van der Waals surface area contributed by atoms with Crippen molar-refractivity contribution >= 4 is 34.8 Å². The second-order valence-corrected chi connectivity index (χ2v) is 9.62. The molecule has 2 aromatic carbocycles. The van der Waals surface area contributed by atoms with E-state index in [0.29, 0.717) is 36.2 Å². The molecule has 1 unspecified atom stereocenters. The number of halogens is 2. The number of benzene rings is 2. The molecule has 1 saturated heterocycles. The van der Waals surface area contributed by atoms with Gasteiger partial charge in [-0.15, -0.1) is 0 Å². The van der Waals surface area contributed by atoms with Crippen LogP contribution in [0, 0.1) is 23.6 Å². The van der Waals surface area contributed by atoms with Crippen molar-refractivity contribution in [3.8, 4) is 5.69 Å². The highest BCUT2D eigenvalue weighted by molar-refractivity contribution is 6.30. The first-order valence-corrected chi connectivity index (χ1v) is 12.4. The van der Waals surface area contributed by atoms with Crippen molar-refractivity contribution in [2.24, 2.45) is 17.8 Å². The molecule has 8 nitrogen and oxygen atoms in total. The van der Waals surface area contributed by atoms with E-state index in [1.807, 2.05) is 0 Å². The fraction of sp³-hybridized carbons (Fsp3) is 0.296. The molecule has 1 aliphatic carbocycles. The Labute approximate surface area is 218 Å². The summed E-state index contributed by atoms with van der Waals surface area (Å²) in [5.74, 6) is -2.72. The molecule has 2 N–H and O–H groups in total. The average molecular weight is 525 g/mol. The van der Waals surface area contributed by atoms with Crippen LogP contribution in [0.2, 0.25) is 5.02 Å². The van der Waals surface area contributed by atoms with Crippen LogP contribution in [-0.2, 0) is 14.3 Å². The summed E-state index contributed by atoms with van der Waals surface area (Å²) < 4.78 is 21.6. The van der Waals surface area contributed by atoms with Crippen LogP contribution in [0.1, 0.15) is 0 Å². The van der Waals surface area contributed by atoms with Crippen LogP contribution in [0.5, 0.6) is 0 Å². The van der Waals surface area contributed by atoms with Gasteiger partial charge in [0.1, 0.15) is 5.82 Å². The Morgan fingerprint density at radius 3 is 2.35 bits per heavy atom. The number of hydrogen-bond acceptors (Lipinski definition) is 5. The van der Waals surface area contributed by atoms with Crippen LogP contribution < -0.4 is 16.2 Å². The first-order chi connectivity index (χ1) is 17.9. The maximum absolute atomic E-state index is 14.9. The largest absolute Gasteiger partial charge is 0.379 e. The van der Waals surface area contributed by atoms with Crippen LogP contribution in [0.4, 0.5) is 15.8 Å². The minimum Gasteiger partial charge on any atom is -0.379 e. The molecule has 1 aliphatic heterocycles. The van der Waals surface area contributed by atoms with Crippen molar-refractivity contribution in [2.75, 3.05) is 43.5 Å². The smallest absolute Gasteiger partial charge is 0.255 e. The van der Waals surface area contributed by atoms with Crippen LogP contribution in [-0.4, -0.2) is 54.1 Å². The van der Waals surface area contributed by atoms with Crippen molar-refractivity contribution in [1.82, 2.24) is 9.47 Å². The first kappa shape index (κ1) is 25.1. The summed E-state index contributed by atoms with van der Waals surface area (Å²) in [4.78, 5) is 40.6. The standard InChI is InChI=1S/C27H26ClFN4O4/c28-17-4-6-18(7-5-17)30-26(35)24-20(16-32-11-13-37-14-12-32)25(24)27(36)31-22-9-8-19(15-21(22)29)33-10-2-1-3-23(33)34/h1-10,15,20,24-25H,11-14,16H2,(H,30,35)(H,31,36)/t20?,24-,25+/m0/s1. The number of aromatic nitrogens is 1. The van der Waals surface area contributed by atoms with Crippen LogP contribution in [0.15, 0.2) is 71.7 Å². The first-order valence-electron chi connectivity index (χ1n) is 12.1. The van der Waals surface area contributed by atoms with Gasteiger partial charge in [-0.05, 0) is 48.4 Å². The predicted octanol–water partition coefficient (Wildman–Crippen LogP) is 3.40. The molecule has 2 aliphatic rings. The summed E-state index contributed by atoms with van der Waals surface area (Å²) in [6, 6.07) is 15.6. The zero-order chi connectivity index (χ0) is 25.9. The van der Waals surface area contributed by atoms with Gasteiger partial charge >= 0.3 is 0 Å². The van der Waals surface area contributed by atoms with Gasteiger partial charge in [-0.3, -0.25) is 23.9 Å². The molecular weight excluding hydrogens is 499 g/mol. The molecule has 192 valence electrons. The zero-order valence-corrected chi connectivity index (χ0v) is 20.7. The molecule has 5 rings (SSSR count). The fourth-order valence-corrected chi connectivity index (χ4v) is 4.89. The lowest BCUT2D eigenvalue weighted by Crippen LogP contribution is -2.38. The predicted molar refractivity (Wildman–Crippen MR) is 138 cm³/mol. The van der Waals surface area contributed by atoms with Crippen molar-refractivity contribution in [3.05, 3.63) is 88.1 Å². The number of carbonyl (C=O) groups is 2. The van der Waals surface area contributed by atoms with E-state index in [4.69, 9.17) is 16.3 Å². The van der Waals surface area contributed by atoms with Gasteiger partial charge in [0.2, 0.25) is 11.8 Å². The molecule has 10 heteroatoms. The van der Waals surface area contributed by atoms with Crippen molar-refractivity contribution < 1.29 is 18.7 Å². The van der Waals surface area contributed by atoms with E-state index >= 15 is 0 Å².